The Kier molecular flexibility index (Phi) is 5.76. The van der Waals surface area contributed by atoms with Crippen molar-refractivity contribution >= 4 is 31.0 Å². The molecule has 1 amide bonds. The normalized spacial score (nSPS) is 14.3. The van der Waals surface area contributed by atoms with Gasteiger partial charge in [-0.2, -0.15) is 23.3 Å². The molecule has 0 saturated heterocycles. The molecule has 27 heavy (non-hydrogen) atoms. The highest BCUT2D eigenvalue weighted by atomic mass is 35.5. The van der Waals surface area contributed by atoms with Crippen LogP contribution in [0.3, 0.4) is 0 Å². The maximum absolute atomic E-state index is 12.7. The minimum absolute atomic E-state index is 0. The van der Waals surface area contributed by atoms with Gasteiger partial charge in [-0.3, -0.25) is 4.79 Å². The van der Waals surface area contributed by atoms with Crippen LogP contribution in [0, 0.1) is 0 Å². The average molecular weight is 403 g/mol. The van der Waals surface area contributed by atoms with E-state index in [9.17, 15) is 4.79 Å². The van der Waals surface area contributed by atoms with Gasteiger partial charge in [-0.1, -0.05) is 11.6 Å². The first-order valence-corrected chi connectivity index (χ1v) is 8.78. The van der Waals surface area contributed by atoms with Gasteiger partial charge in [0.25, 0.3) is 11.9 Å². The lowest BCUT2D eigenvalue weighted by atomic mass is 10.1. The van der Waals surface area contributed by atoms with Crippen molar-refractivity contribution in [2.75, 3.05) is 0 Å². The first kappa shape index (κ1) is 19.3. The summed E-state index contributed by atoms with van der Waals surface area (Å²) in [5.41, 5.74) is 1.67. The van der Waals surface area contributed by atoms with Gasteiger partial charge in [0.15, 0.2) is 5.82 Å². The molecule has 4 rings (SSSR count). The van der Waals surface area contributed by atoms with E-state index in [0.717, 1.165) is 18.4 Å². The molecule has 1 aliphatic carbocycles. The van der Waals surface area contributed by atoms with Crippen molar-refractivity contribution < 1.29 is 4.79 Å². The molecule has 7 nitrogen and oxygen atoms in total. The molecule has 1 N–H and O–H groups in total. The fourth-order valence-corrected chi connectivity index (χ4v) is 3.08. The first-order valence-electron chi connectivity index (χ1n) is 8.40. The van der Waals surface area contributed by atoms with Crippen molar-refractivity contribution in [2.45, 2.75) is 31.7 Å². The Labute approximate surface area is 168 Å². The standard InChI is InChI=1S/C18H17ClN6O.H2S/c1-11(16-22-10-23-25(16)18-20-5-2-6-21-18)24-17(26)14-7-13(12-3-4-12)8-15(19)9-14;/h2,5-12H,3-4H2,1H3,(H,24,26);1H2/t11-;/m1./s1. The molecule has 2 heterocycles. The van der Waals surface area contributed by atoms with E-state index < -0.39 is 0 Å². The lowest BCUT2D eigenvalue weighted by Crippen LogP contribution is -2.29. The first-order chi connectivity index (χ1) is 12.6. The van der Waals surface area contributed by atoms with Gasteiger partial charge in [0, 0.05) is 23.0 Å². The lowest BCUT2D eigenvalue weighted by molar-refractivity contribution is 0.0937. The van der Waals surface area contributed by atoms with Gasteiger partial charge in [-0.25, -0.2) is 15.0 Å². The Morgan fingerprint density at radius 2 is 1.96 bits per heavy atom. The number of amides is 1. The number of hydrogen-bond donors (Lipinski definition) is 1. The summed E-state index contributed by atoms with van der Waals surface area (Å²) in [4.78, 5) is 25.3. The van der Waals surface area contributed by atoms with E-state index in [1.54, 1.807) is 24.5 Å². The zero-order valence-corrected chi connectivity index (χ0v) is 16.4. The number of benzene rings is 1. The number of rotatable bonds is 5. The van der Waals surface area contributed by atoms with Crippen LogP contribution in [0.2, 0.25) is 5.02 Å². The topological polar surface area (TPSA) is 85.6 Å². The van der Waals surface area contributed by atoms with Gasteiger partial charge in [0.1, 0.15) is 6.33 Å². The maximum atomic E-state index is 12.7. The molecule has 0 bridgehead atoms. The smallest absolute Gasteiger partial charge is 0.252 e. The highest BCUT2D eigenvalue weighted by Gasteiger charge is 2.25. The summed E-state index contributed by atoms with van der Waals surface area (Å²) >= 11 is 6.18. The van der Waals surface area contributed by atoms with E-state index in [1.807, 2.05) is 19.1 Å². The van der Waals surface area contributed by atoms with Crippen molar-refractivity contribution in [1.82, 2.24) is 30.0 Å². The minimum Gasteiger partial charge on any atom is -0.342 e. The Balaban J connectivity index is 0.00000210. The van der Waals surface area contributed by atoms with Gasteiger partial charge in [0.05, 0.1) is 6.04 Å². The van der Waals surface area contributed by atoms with Crippen molar-refractivity contribution in [3.63, 3.8) is 0 Å². The zero-order valence-electron chi connectivity index (χ0n) is 14.6. The van der Waals surface area contributed by atoms with Crippen molar-refractivity contribution in [3.05, 3.63) is 65.0 Å². The van der Waals surface area contributed by atoms with Crippen molar-refractivity contribution in [2.24, 2.45) is 0 Å². The molecule has 140 valence electrons. The number of aromatic nitrogens is 5. The summed E-state index contributed by atoms with van der Waals surface area (Å²) in [6, 6.07) is 6.87. The van der Waals surface area contributed by atoms with E-state index in [4.69, 9.17) is 11.6 Å². The average Bonchev–Trinajstić information content (AvgIpc) is 3.38. The largest absolute Gasteiger partial charge is 0.342 e. The second-order valence-electron chi connectivity index (χ2n) is 6.32. The van der Waals surface area contributed by atoms with Crippen molar-refractivity contribution in [1.29, 1.82) is 0 Å². The van der Waals surface area contributed by atoms with E-state index >= 15 is 0 Å². The predicted molar refractivity (Wildman–Crippen MR) is 107 cm³/mol. The number of carbonyl (C=O) groups is 1. The molecule has 1 aromatic carbocycles. The number of nitrogens with zero attached hydrogens (tertiary/aromatic N) is 5. The molecule has 1 fully saturated rings. The highest BCUT2D eigenvalue weighted by Crippen LogP contribution is 2.41. The molecule has 0 spiro atoms. The van der Waals surface area contributed by atoms with Crippen LogP contribution in [0.4, 0.5) is 0 Å². The number of carbonyl (C=O) groups excluding carboxylic acids is 1. The molecule has 1 atom stereocenters. The second kappa shape index (κ2) is 8.06. The van der Waals surface area contributed by atoms with E-state index in [0.29, 0.717) is 28.3 Å². The molecular formula is C18H19ClN6OS. The summed E-state index contributed by atoms with van der Waals surface area (Å²) < 4.78 is 1.51. The summed E-state index contributed by atoms with van der Waals surface area (Å²) in [6.45, 7) is 1.84. The molecule has 2 aromatic heterocycles. The fourth-order valence-electron chi connectivity index (χ4n) is 2.84. The van der Waals surface area contributed by atoms with Crippen LogP contribution in [0.5, 0.6) is 0 Å². The van der Waals surface area contributed by atoms with Gasteiger partial charge < -0.3 is 5.32 Å². The quantitative estimate of drug-likeness (QED) is 0.708. The number of hydrogen-bond acceptors (Lipinski definition) is 5. The van der Waals surface area contributed by atoms with Gasteiger partial charge >= 0.3 is 0 Å². The van der Waals surface area contributed by atoms with Gasteiger partial charge in [0.2, 0.25) is 0 Å². The van der Waals surface area contributed by atoms with Crippen LogP contribution in [0.15, 0.2) is 43.0 Å². The Hall–Kier alpha value is -2.45. The summed E-state index contributed by atoms with van der Waals surface area (Å²) in [5, 5.41) is 7.68. The molecule has 0 unspecified atom stereocenters. The molecule has 1 aliphatic rings. The van der Waals surface area contributed by atoms with Crippen LogP contribution in [-0.4, -0.2) is 30.6 Å². The molecule has 0 radical (unpaired) electrons. The predicted octanol–water partition coefficient (Wildman–Crippen LogP) is 3.19. The Morgan fingerprint density at radius 3 is 2.67 bits per heavy atom. The van der Waals surface area contributed by atoms with Crippen LogP contribution in [0.25, 0.3) is 5.95 Å². The minimum atomic E-state index is -0.378. The third kappa shape index (κ3) is 4.28. The Morgan fingerprint density at radius 1 is 1.22 bits per heavy atom. The summed E-state index contributed by atoms with van der Waals surface area (Å²) in [5.74, 6) is 1.27. The third-order valence-corrected chi connectivity index (χ3v) is 4.50. The van der Waals surface area contributed by atoms with Gasteiger partial charge in [-0.05, 0) is 55.5 Å². The molecular weight excluding hydrogens is 384 g/mol. The maximum Gasteiger partial charge on any atom is 0.252 e. The van der Waals surface area contributed by atoms with Crippen LogP contribution < -0.4 is 5.32 Å². The van der Waals surface area contributed by atoms with E-state index in [-0.39, 0.29) is 25.4 Å². The van der Waals surface area contributed by atoms with Gasteiger partial charge in [-0.15, -0.1) is 0 Å². The molecule has 9 heteroatoms. The molecule has 1 saturated carbocycles. The van der Waals surface area contributed by atoms with Crippen LogP contribution >= 0.6 is 25.1 Å². The van der Waals surface area contributed by atoms with Crippen LogP contribution in [-0.2, 0) is 0 Å². The Bertz CT molecular complexity index is 944. The summed E-state index contributed by atoms with van der Waals surface area (Å²) in [6.07, 6.45) is 6.97. The van der Waals surface area contributed by atoms with E-state index in [1.165, 1.54) is 11.0 Å². The third-order valence-electron chi connectivity index (χ3n) is 4.28. The summed E-state index contributed by atoms with van der Waals surface area (Å²) in [7, 11) is 0. The van der Waals surface area contributed by atoms with Crippen LogP contribution in [0.1, 0.15) is 53.5 Å². The number of nitrogens with one attached hydrogen (secondary N) is 1. The van der Waals surface area contributed by atoms with E-state index in [2.05, 4.69) is 25.4 Å². The lowest BCUT2D eigenvalue weighted by Gasteiger charge is -2.14. The SMILES string of the molecule is C[C@@H](NC(=O)c1cc(Cl)cc(C2CC2)c1)c1ncnn1-c1ncccn1.S. The monoisotopic (exact) mass is 402 g/mol. The number of halogens is 1. The molecule has 0 aliphatic heterocycles. The second-order valence-corrected chi connectivity index (χ2v) is 6.76. The van der Waals surface area contributed by atoms with Crippen molar-refractivity contribution in [3.8, 4) is 5.95 Å². The molecule has 3 aromatic rings. The highest BCUT2D eigenvalue weighted by molar-refractivity contribution is 7.59. The fraction of sp³-hybridized carbons (Fsp3) is 0.278. The zero-order chi connectivity index (χ0) is 18.1.